The van der Waals surface area contributed by atoms with Crippen LogP contribution in [0.5, 0.6) is 0 Å². The van der Waals surface area contributed by atoms with E-state index in [1.54, 1.807) is 6.34 Å². The fourth-order valence-corrected chi connectivity index (χ4v) is 0.765. The fourth-order valence-electron chi connectivity index (χ4n) is 0.765. The Morgan fingerprint density at radius 1 is 1.10 bits per heavy atom. The zero-order valence-electron chi connectivity index (χ0n) is 6.06. The molecule has 0 radical (unpaired) electrons. The highest BCUT2D eigenvalue weighted by molar-refractivity contribution is 5.56. The standard InChI is InChI=1S/C3H6N2.C3H8N2/c1-2-5-3-4-1;1-2-4-5-3-1/h3H,1-2H2,(H,4,5);4-5H,1-3H2. The molecule has 1 saturated heterocycles. The van der Waals surface area contributed by atoms with Gasteiger partial charge in [-0.05, 0) is 6.42 Å². The molecular weight excluding hydrogens is 128 g/mol. The van der Waals surface area contributed by atoms with Crippen LogP contribution in [0.1, 0.15) is 6.42 Å². The van der Waals surface area contributed by atoms with Gasteiger partial charge in [0.1, 0.15) is 0 Å². The third kappa shape index (κ3) is 3.42. The lowest BCUT2D eigenvalue weighted by Gasteiger charge is -1.81. The smallest absolute Gasteiger partial charge is 0.0825 e. The van der Waals surface area contributed by atoms with E-state index in [9.17, 15) is 0 Å². The molecule has 0 saturated carbocycles. The molecule has 0 atom stereocenters. The lowest BCUT2D eigenvalue weighted by atomic mass is 10.5. The van der Waals surface area contributed by atoms with Crippen molar-refractivity contribution in [1.82, 2.24) is 16.2 Å². The first kappa shape index (κ1) is 7.50. The lowest BCUT2D eigenvalue weighted by molar-refractivity contribution is 0.689. The largest absolute Gasteiger partial charge is 0.375 e. The van der Waals surface area contributed by atoms with E-state index in [0.29, 0.717) is 0 Å². The Hall–Kier alpha value is -0.610. The van der Waals surface area contributed by atoms with Gasteiger partial charge in [0, 0.05) is 19.6 Å². The van der Waals surface area contributed by atoms with Crippen molar-refractivity contribution in [3.63, 3.8) is 0 Å². The van der Waals surface area contributed by atoms with Gasteiger partial charge in [0.15, 0.2) is 0 Å². The maximum atomic E-state index is 3.85. The van der Waals surface area contributed by atoms with Gasteiger partial charge < -0.3 is 5.32 Å². The van der Waals surface area contributed by atoms with Crippen LogP contribution in [0.25, 0.3) is 0 Å². The Balaban J connectivity index is 0.0000001000. The maximum Gasteiger partial charge on any atom is 0.0825 e. The van der Waals surface area contributed by atoms with E-state index in [4.69, 9.17) is 0 Å². The summed E-state index contributed by atoms with van der Waals surface area (Å²) in [6.45, 7) is 4.26. The summed E-state index contributed by atoms with van der Waals surface area (Å²) < 4.78 is 0. The molecule has 3 N–H and O–H groups in total. The Morgan fingerprint density at radius 3 is 2.10 bits per heavy atom. The van der Waals surface area contributed by atoms with E-state index in [-0.39, 0.29) is 0 Å². The molecule has 2 aliphatic rings. The average molecular weight is 142 g/mol. The number of hydrazine groups is 1. The highest BCUT2D eigenvalue weighted by Crippen LogP contribution is 1.74. The summed E-state index contributed by atoms with van der Waals surface area (Å²) in [4.78, 5) is 3.85. The summed E-state index contributed by atoms with van der Waals surface area (Å²) >= 11 is 0. The van der Waals surface area contributed by atoms with E-state index in [0.717, 1.165) is 26.2 Å². The van der Waals surface area contributed by atoms with Gasteiger partial charge in [-0.15, -0.1) is 0 Å². The molecule has 0 aliphatic carbocycles. The van der Waals surface area contributed by atoms with Crippen molar-refractivity contribution in [1.29, 1.82) is 0 Å². The predicted molar refractivity (Wildman–Crippen MR) is 42.0 cm³/mol. The van der Waals surface area contributed by atoms with Crippen LogP contribution < -0.4 is 16.2 Å². The van der Waals surface area contributed by atoms with Crippen molar-refractivity contribution in [2.75, 3.05) is 26.2 Å². The van der Waals surface area contributed by atoms with Crippen molar-refractivity contribution >= 4 is 6.34 Å². The topological polar surface area (TPSA) is 48.5 Å². The Kier molecular flexibility index (Phi) is 3.90. The summed E-state index contributed by atoms with van der Waals surface area (Å²) in [6.07, 6.45) is 3.01. The normalized spacial score (nSPS) is 21.6. The molecule has 0 amide bonds. The number of hydrogen-bond acceptors (Lipinski definition) is 4. The van der Waals surface area contributed by atoms with Crippen molar-refractivity contribution in [2.45, 2.75) is 6.42 Å². The molecule has 0 spiro atoms. The molecule has 2 aliphatic heterocycles. The molecular formula is C6H14N4. The van der Waals surface area contributed by atoms with Crippen molar-refractivity contribution < 1.29 is 0 Å². The number of rotatable bonds is 0. The zero-order valence-corrected chi connectivity index (χ0v) is 6.06. The molecule has 4 heteroatoms. The highest BCUT2D eigenvalue weighted by Gasteiger charge is 1.91. The van der Waals surface area contributed by atoms with Crippen LogP contribution in [-0.2, 0) is 0 Å². The SMILES string of the molecule is C1=NCCN1.C1CNNC1. The molecule has 0 bridgehead atoms. The Morgan fingerprint density at radius 2 is 1.90 bits per heavy atom. The predicted octanol–water partition coefficient (Wildman–Crippen LogP) is -0.898. The van der Waals surface area contributed by atoms with E-state index >= 15 is 0 Å². The number of hydrogen-bond donors (Lipinski definition) is 3. The Labute approximate surface area is 61.1 Å². The van der Waals surface area contributed by atoms with Gasteiger partial charge in [0.2, 0.25) is 0 Å². The van der Waals surface area contributed by atoms with E-state index < -0.39 is 0 Å². The van der Waals surface area contributed by atoms with E-state index in [1.165, 1.54) is 6.42 Å². The molecule has 0 aromatic carbocycles. The number of nitrogens with zero attached hydrogens (tertiary/aromatic N) is 1. The number of aliphatic imine (C=N–C) groups is 1. The molecule has 4 nitrogen and oxygen atoms in total. The van der Waals surface area contributed by atoms with Crippen molar-refractivity contribution in [3.8, 4) is 0 Å². The molecule has 0 aromatic rings. The van der Waals surface area contributed by atoms with Crippen LogP contribution in [0, 0.1) is 0 Å². The van der Waals surface area contributed by atoms with Gasteiger partial charge in [-0.2, -0.15) is 0 Å². The van der Waals surface area contributed by atoms with Crippen molar-refractivity contribution in [2.24, 2.45) is 4.99 Å². The fraction of sp³-hybridized carbons (Fsp3) is 0.833. The monoisotopic (exact) mass is 142 g/mol. The maximum absolute atomic E-state index is 3.85. The van der Waals surface area contributed by atoms with Crippen LogP contribution in [0.4, 0.5) is 0 Å². The molecule has 0 unspecified atom stereocenters. The Bertz CT molecular complexity index is 84.3. The molecule has 58 valence electrons. The van der Waals surface area contributed by atoms with E-state index in [1.807, 2.05) is 0 Å². The third-order valence-electron chi connectivity index (χ3n) is 1.30. The first-order chi connectivity index (χ1) is 5.00. The quantitative estimate of drug-likeness (QED) is 0.411. The second-order valence-electron chi connectivity index (χ2n) is 2.20. The van der Waals surface area contributed by atoms with Crippen LogP contribution in [0.15, 0.2) is 4.99 Å². The minimum absolute atomic E-state index is 0.958. The molecule has 10 heavy (non-hydrogen) atoms. The molecule has 1 fully saturated rings. The first-order valence-electron chi connectivity index (χ1n) is 3.67. The summed E-state index contributed by atoms with van der Waals surface area (Å²) in [6, 6.07) is 0. The molecule has 2 rings (SSSR count). The van der Waals surface area contributed by atoms with E-state index in [2.05, 4.69) is 21.2 Å². The first-order valence-corrected chi connectivity index (χ1v) is 3.67. The van der Waals surface area contributed by atoms with Gasteiger partial charge in [0.25, 0.3) is 0 Å². The lowest BCUT2D eigenvalue weighted by Crippen LogP contribution is -2.21. The molecule has 0 aromatic heterocycles. The average Bonchev–Trinajstić information content (AvgIpc) is 2.67. The summed E-state index contributed by atoms with van der Waals surface area (Å²) in [5, 5.41) is 2.93. The van der Waals surface area contributed by atoms with Crippen LogP contribution in [0.2, 0.25) is 0 Å². The summed E-state index contributed by atoms with van der Waals surface area (Å²) in [5.41, 5.74) is 5.94. The van der Waals surface area contributed by atoms with Gasteiger partial charge in [-0.3, -0.25) is 15.8 Å². The van der Waals surface area contributed by atoms with Gasteiger partial charge >= 0.3 is 0 Å². The minimum atomic E-state index is 0.958. The van der Waals surface area contributed by atoms with Gasteiger partial charge in [0.05, 0.1) is 12.9 Å². The van der Waals surface area contributed by atoms with Crippen molar-refractivity contribution in [3.05, 3.63) is 0 Å². The summed E-state index contributed by atoms with van der Waals surface area (Å²) in [5.74, 6) is 0. The van der Waals surface area contributed by atoms with Gasteiger partial charge in [-0.1, -0.05) is 0 Å². The van der Waals surface area contributed by atoms with Crippen LogP contribution in [0.3, 0.4) is 0 Å². The zero-order chi connectivity index (χ0) is 7.07. The summed E-state index contributed by atoms with van der Waals surface area (Å²) in [7, 11) is 0. The molecule has 2 heterocycles. The van der Waals surface area contributed by atoms with Gasteiger partial charge in [-0.25, -0.2) is 0 Å². The second-order valence-corrected chi connectivity index (χ2v) is 2.20. The number of nitrogens with one attached hydrogen (secondary N) is 3. The second kappa shape index (κ2) is 5.20. The third-order valence-corrected chi connectivity index (χ3v) is 1.30. The highest BCUT2D eigenvalue weighted by atomic mass is 15.4. The van der Waals surface area contributed by atoms with Crippen LogP contribution in [-0.4, -0.2) is 32.5 Å². The minimum Gasteiger partial charge on any atom is -0.375 e. The van der Waals surface area contributed by atoms with Crippen LogP contribution >= 0.6 is 0 Å².